The van der Waals surface area contributed by atoms with E-state index < -0.39 is 15.9 Å². The molecule has 1 fully saturated rings. The largest absolute Gasteiger partial charge is 0.391 e. The van der Waals surface area contributed by atoms with Crippen LogP contribution in [-0.2, 0) is 9.84 Å². The summed E-state index contributed by atoms with van der Waals surface area (Å²) in [6.45, 7) is 1.83. The SMILES string of the molecule is Cc1nc(S[C@@H]2CS(=O)(=O)C[C@H]2O)c2cc(-c3ccccc3)sc2n1. The van der Waals surface area contributed by atoms with Gasteiger partial charge < -0.3 is 5.11 Å². The van der Waals surface area contributed by atoms with Crippen molar-refractivity contribution in [2.24, 2.45) is 0 Å². The number of fused-ring (bicyclic) bond motifs is 1. The maximum Gasteiger partial charge on any atom is 0.154 e. The molecule has 130 valence electrons. The third kappa shape index (κ3) is 3.44. The molecule has 1 aliphatic heterocycles. The molecule has 1 N–H and O–H groups in total. The van der Waals surface area contributed by atoms with Crippen LogP contribution in [0.5, 0.6) is 0 Å². The lowest BCUT2D eigenvalue weighted by atomic mass is 10.2. The van der Waals surface area contributed by atoms with E-state index in [0.717, 1.165) is 25.7 Å². The maximum atomic E-state index is 11.8. The predicted octanol–water partition coefficient (Wildman–Crippen LogP) is 2.92. The number of sulfone groups is 1. The zero-order valence-corrected chi connectivity index (χ0v) is 15.9. The van der Waals surface area contributed by atoms with Crippen LogP contribution in [0.2, 0.25) is 0 Å². The summed E-state index contributed by atoms with van der Waals surface area (Å²) in [5.41, 5.74) is 1.11. The minimum Gasteiger partial charge on any atom is -0.391 e. The second-order valence-corrected chi connectivity index (χ2v) is 10.5. The fourth-order valence-corrected chi connectivity index (χ4v) is 7.67. The first-order valence-electron chi connectivity index (χ1n) is 7.80. The molecule has 2 aromatic heterocycles. The smallest absolute Gasteiger partial charge is 0.154 e. The van der Waals surface area contributed by atoms with Crippen LogP contribution in [-0.4, -0.2) is 46.4 Å². The lowest BCUT2D eigenvalue weighted by molar-refractivity contribution is 0.207. The van der Waals surface area contributed by atoms with E-state index in [4.69, 9.17) is 0 Å². The number of aliphatic hydroxyl groups excluding tert-OH is 1. The Morgan fingerprint density at radius 2 is 1.96 bits per heavy atom. The molecule has 2 atom stereocenters. The number of thioether (sulfide) groups is 1. The fraction of sp³-hybridized carbons (Fsp3) is 0.294. The minimum atomic E-state index is -3.18. The summed E-state index contributed by atoms with van der Waals surface area (Å²) in [7, 11) is -3.18. The van der Waals surface area contributed by atoms with Crippen LogP contribution < -0.4 is 0 Å². The number of benzene rings is 1. The summed E-state index contributed by atoms with van der Waals surface area (Å²) >= 11 is 2.93. The molecule has 0 amide bonds. The molecule has 0 bridgehead atoms. The van der Waals surface area contributed by atoms with Crippen LogP contribution in [0, 0.1) is 6.92 Å². The van der Waals surface area contributed by atoms with Gasteiger partial charge in [-0.05, 0) is 18.6 Å². The van der Waals surface area contributed by atoms with Gasteiger partial charge in [0.1, 0.15) is 15.7 Å². The number of aromatic nitrogens is 2. The van der Waals surface area contributed by atoms with Crippen LogP contribution >= 0.6 is 23.1 Å². The Morgan fingerprint density at radius 1 is 1.20 bits per heavy atom. The molecule has 1 aliphatic rings. The molecule has 0 radical (unpaired) electrons. The Morgan fingerprint density at radius 3 is 2.64 bits per heavy atom. The first-order chi connectivity index (χ1) is 11.9. The first kappa shape index (κ1) is 17.0. The minimum absolute atomic E-state index is 0.0148. The van der Waals surface area contributed by atoms with Gasteiger partial charge in [-0.3, -0.25) is 0 Å². The number of hydrogen-bond acceptors (Lipinski definition) is 7. The van der Waals surface area contributed by atoms with Crippen LogP contribution in [0.1, 0.15) is 5.82 Å². The van der Waals surface area contributed by atoms with Crippen molar-refractivity contribution in [3.63, 3.8) is 0 Å². The molecule has 5 nitrogen and oxygen atoms in total. The first-order valence-corrected chi connectivity index (χ1v) is 11.3. The summed E-state index contributed by atoms with van der Waals surface area (Å²) < 4.78 is 23.5. The van der Waals surface area contributed by atoms with Crippen LogP contribution in [0.4, 0.5) is 0 Å². The summed E-state index contributed by atoms with van der Waals surface area (Å²) in [6.07, 6.45) is -0.854. The van der Waals surface area contributed by atoms with E-state index in [1.165, 1.54) is 11.8 Å². The number of rotatable bonds is 3. The maximum absolute atomic E-state index is 11.8. The van der Waals surface area contributed by atoms with E-state index in [0.29, 0.717) is 5.82 Å². The zero-order chi connectivity index (χ0) is 17.6. The fourth-order valence-electron chi connectivity index (χ4n) is 2.88. The summed E-state index contributed by atoms with van der Waals surface area (Å²) in [6, 6.07) is 12.1. The Bertz CT molecular complexity index is 1030. The van der Waals surface area contributed by atoms with E-state index in [2.05, 4.69) is 9.97 Å². The Balaban J connectivity index is 1.75. The summed E-state index contributed by atoms with van der Waals surface area (Å²) in [5.74, 6) is 0.461. The summed E-state index contributed by atoms with van der Waals surface area (Å²) in [4.78, 5) is 11.0. The average molecular weight is 393 g/mol. The highest BCUT2D eigenvalue weighted by Gasteiger charge is 2.37. The van der Waals surface area contributed by atoms with Crippen LogP contribution in [0.25, 0.3) is 20.7 Å². The van der Waals surface area contributed by atoms with Gasteiger partial charge in [-0.15, -0.1) is 11.3 Å². The van der Waals surface area contributed by atoms with Crippen molar-refractivity contribution in [2.75, 3.05) is 11.5 Å². The molecule has 25 heavy (non-hydrogen) atoms. The van der Waals surface area contributed by atoms with Crippen molar-refractivity contribution in [3.8, 4) is 10.4 Å². The van der Waals surface area contributed by atoms with Gasteiger partial charge in [0.15, 0.2) is 9.84 Å². The van der Waals surface area contributed by atoms with Gasteiger partial charge in [-0.1, -0.05) is 42.1 Å². The predicted molar refractivity (Wildman–Crippen MR) is 102 cm³/mol. The van der Waals surface area contributed by atoms with Gasteiger partial charge in [-0.2, -0.15) is 0 Å². The van der Waals surface area contributed by atoms with Crippen molar-refractivity contribution < 1.29 is 13.5 Å². The highest BCUT2D eigenvalue weighted by atomic mass is 32.2. The molecule has 1 saturated heterocycles. The molecule has 8 heteroatoms. The topological polar surface area (TPSA) is 80.2 Å². The third-order valence-electron chi connectivity index (χ3n) is 4.06. The van der Waals surface area contributed by atoms with Crippen LogP contribution in [0.15, 0.2) is 41.4 Å². The lowest BCUT2D eigenvalue weighted by Gasteiger charge is -2.12. The second-order valence-electron chi connectivity index (χ2n) is 6.07. The molecule has 1 aromatic carbocycles. The quantitative estimate of drug-likeness (QED) is 0.691. The molecule has 0 unspecified atom stereocenters. The third-order valence-corrected chi connectivity index (χ3v) is 8.39. The van der Waals surface area contributed by atoms with Crippen molar-refractivity contribution in [2.45, 2.75) is 23.3 Å². The number of nitrogens with zero attached hydrogens (tertiary/aromatic N) is 2. The standard InChI is InChI=1S/C17H16N2O3S3/c1-10-18-16-12(7-14(23-16)11-5-3-2-4-6-11)17(19-10)24-15-9-25(21,22)8-13(15)20/h2-7,13,15,20H,8-9H2,1H3/t13-,15-/m1/s1. The Labute approximate surface area is 154 Å². The van der Waals surface area contributed by atoms with Gasteiger partial charge in [0.2, 0.25) is 0 Å². The van der Waals surface area contributed by atoms with Gasteiger partial charge in [0, 0.05) is 10.3 Å². The van der Waals surface area contributed by atoms with Gasteiger partial charge in [0.05, 0.1) is 22.9 Å². The summed E-state index contributed by atoms with van der Waals surface area (Å²) in [5, 5.41) is 11.3. The molecular weight excluding hydrogens is 376 g/mol. The molecule has 0 spiro atoms. The van der Waals surface area contributed by atoms with Crippen LogP contribution in [0.3, 0.4) is 0 Å². The van der Waals surface area contributed by atoms with Crippen molar-refractivity contribution in [3.05, 3.63) is 42.2 Å². The van der Waals surface area contributed by atoms with E-state index in [-0.39, 0.29) is 16.8 Å². The zero-order valence-electron chi connectivity index (χ0n) is 13.4. The van der Waals surface area contributed by atoms with E-state index in [1.54, 1.807) is 11.3 Å². The number of aliphatic hydroxyl groups is 1. The number of aryl methyl sites for hydroxylation is 1. The van der Waals surface area contributed by atoms with Gasteiger partial charge in [-0.25, -0.2) is 18.4 Å². The van der Waals surface area contributed by atoms with Crippen molar-refractivity contribution in [1.29, 1.82) is 0 Å². The van der Waals surface area contributed by atoms with Crippen molar-refractivity contribution in [1.82, 2.24) is 9.97 Å². The van der Waals surface area contributed by atoms with E-state index in [1.807, 2.05) is 43.3 Å². The molecule has 3 aromatic rings. The number of thiophene rings is 1. The Kier molecular flexibility index (Phi) is 4.31. The molecule has 3 heterocycles. The normalized spacial score (nSPS) is 22.5. The Hall–Kier alpha value is -1.48. The van der Waals surface area contributed by atoms with E-state index in [9.17, 15) is 13.5 Å². The molecule has 4 rings (SSSR count). The van der Waals surface area contributed by atoms with E-state index >= 15 is 0 Å². The second kappa shape index (κ2) is 6.35. The van der Waals surface area contributed by atoms with Gasteiger partial charge >= 0.3 is 0 Å². The van der Waals surface area contributed by atoms with Gasteiger partial charge in [0.25, 0.3) is 0 Å². The van der Waals surface area contributed by atoms with Crippen molar-refractivity contribution >= 4 is 43.2 Å². The highest BCUT2D eigenvalue weighted by Crippen LogP contribution is 2.39. The number of hydrogen-bond donors (Lipinski definition) is 1. The lowest BCUT2D eigenvalue weighted by Crippen LogP contribution is -2.20. The highest BCUT2D eigenvalue weighted by molar-refractivity contribution is 8.02. The molecule has 0 saturated carbocycles. The monoisotopic (exact) mass is 392 g/mol. The molecule has 0 aliphatic carbocycles. The average Bonchev–Trinajstić information content (AvgIpc) is 3.08. The molecular formula is C17H16N2O3S3.